The minimum absolute atomic E-state index is 0.292. The van der Waals surface area contributed by atoms with Crippen LogP contribution in [0.1, 0.15) is 49.3 Å². The summed E-state index contributed by atoms with van der Waals surface area (Å²) < 4.78 is 11.8. The molecule has 2 fully saturated rings. The van der Waals surface area contributed by atoms with Gasteiger partial charge in [0.25, 0.3) is 0 Å². The van der Waals surface area contributed by atoms with Crippen LogP contribution in [0.25, 0.3) is 0 Å². The zero-order chi connectivity index (χ0) is 27.7. The summed E-state index contributed by atoms with van der Waals surface area (Å²) in [5.74, 6) is 3.60. The molecule has 2 heterocycles. The first-order chi connectivity index (χ1) is 18.1. The highest BCUT2D eigenvalue weighted by Crippen LogP contribution is 2.45. The van der Waals surface area contributed by atoms with E-state index in [1.165, 1.54) is 11.1 Å². The third-order valence-electron chi connectivity index (χ3n) is 5.96. The fourth-order valence-electron chi connectivity index (χ4n) is 3.83. The number of thioether (sulfide) groups is 6. The van der Waals surface area contributed by atoms with Crippen molar-refractivity contribution in [2.24, 2.45) is 0 Å². The second-order valence-electron chi connectivity index (χ2n) is 9.38. The molecule has 4 nitrogen and oxygen atoms in total. The molecule has 0 bridgehead atoms. The Balaban J connectivity index is 1.42. The molecule has 1 aromatic rings. The van der Waals surface area contributed by atoms with Crippen LogP contribution in [0.4, 0.5) is 0 Å². The van der Waals surface area contributed by atoms with Gasteiger partial charge in [0.15, 0.2) is 0 Å². The van der Waals surface area contributed by atoms with Crippen molar-refractivity contribution in [2.45, 2.75) is 57.9 Å². The molecule has 2 aliphatic heterocycles. The van der Waals surface area contributed by atoms with Crippen LogP contribution in [0.3, 0.4) is 0 Å². The molecule has 2 aliphatic rings. The summed E-state index contributed by atoms with van der Waals surface area (Å²) in [6.45, 7) is 16.2. The van der Waals surface area contributed by atoms with Crippen molar-refractivity contribution in [2.75, 3.05) is 36.2 Å². The summed E-state index contributed by atoms with van der Waals surface area (Å²) >= 11 is 11.8. The van der Waals surface area contributed by atoms with Gasteiger partial charge in [-0.15, -0.1) is 47.0 Å². The maximum absolute atomic E-state index is 11.7. The Morgan fingerprint density at radius 2 is 1.24 bits per heavy atom. The fraction of sp³-hybridized carbons (Fsp3) is 0.571. The average Bonchev–Trinajstić information content (AvgIpc) is 3.56. The van der Waals surface area contributed by atoms with Gasteiger partial charge in [0.1, 0.15) is 13.2 Å². The standard InChI is InChI=1S/C28H38O4S6/c1-17(2)27(29)31-11-21-13-35-25(37-21)15-33-19(5)23-9-7-8-10-24(23)20(6)34-16-26-36-14-22(38-26)12-32-28(30)18(3)4/h7-10,19-22,25-26H,1,3,11-16H2,2,4-6H3. The van der Waals surface area contributed by atoms with E-state index in [4.69, 9.17) is 9.47 Å². The van der Waals surface area contributed by atoms with Crippen LogP contribution >= 0.6 is 70.6 Å². The molecule has 0 N–H and O–H groups in total. The maximum Gasteiger partial charge on any atom is 0.333 e. The van der Waals surface area contributed by atoms with Gasteiger partial charge in [-0.2, -0.15) is 23.5 Å². The molecule has 3 rings (SSSR count). The zero-order valence-corrected chi connectivity index (χ0v) is 27.4. The molecule has 6 unspecified atom stereocenters. The summed E-state index contributed by atoms with van der Waals surface area (Å²) in [4.78, 5) is 23.4. The number of rotatable bonds is 14. The Morgan fingerprint density at radius 3 is 1.61 bits per heavy atom. The number of benzene rings is 1. The minimum Gasteiger partial charge on any atom is -0.461 e. The SMILES string of the molecule is C=C(C)C(=O)OCC1CSC(CSC(C)c2ccccc2C(C)SCC2SCC(COC(=O)C(=C)C)S2)S1. The molecule has 0 aromatic heterocycles. The van der Waals surface area contributed by atoms with Crippen LogP contribution in [0.2, 0.25) is 0 Å². The molecule has 10 heteroatoms. The van der Waals surface area contributed by atoms with Gasteiger partial charge in [0.2, 0.25) is 0 Å². The molecule has 0 saturated carbocycles. The van der Waals surface area contributed by atoms with Crippen LogP contribution in [0.5, 0.6) is 0 Å². The second kappa shape index (κ2) is 16.2. The molecule has 38 heavy (non-hydrogen) atoms. The normalized spacial score (nSPS) is 24.5. The van der Waals surface area contributed by atoms with Crippen LogP contribution in [-0.4, -0.2) is 67.8 Å². The van der Waals surface area contributed by atoms with Gasteiger partial charge in [-0.3, -0.25) is 0 Å². The molecule has 6 atom stereocenters. The first-order valence-corrected chi connectivity index (χ1v) is 18.7. The van der Waals surface area contributed by atoms with Crippen LogP contribution in [-0.2, 0) is 19.1 Å². The molecule has 0 amide bonds. The van der Waals surface area contributed by atoms with Crippen molar-refractivity contribution in [1.29, 1.82) is 0 Å². The van der Waals surface area contributed by atoms with Crippen LogP contribution in [0, 0.1) is 0 Å². The lowest BCUT2D eigenvalue weighted by Gasteiger charge is -2.22. The van der Waals surface area contributed by atoms with Crippen molar-refractivity contribution < 1.29 is 19.1 Å². The third-order valence-corrected chi connectivity index (χ3v) is 15.8. The van der Waals surface area contributed by atoms with Gasteiger partial charge < -0.3 is 9.47 Å². The van der Waals surface area contributed by atoms with Gasteiger partial charge in [-0.05, 0) is 38.8 Å². The average molecular weight is 631 g/mol. The highest BCUT2D eigenvalue weighted by molar-refractivity contribution is 8.22. The Kier molecular flexibility index (Phi) is 13.8. The van der Waals surface area contributed by atoms with E-state index in [0.29, 0.717) is 54.5 Å². The van der Waals surface area contributed by atoms with E-state index in [1.54, 1.807) is 13.8 Å². The summed E-state index contributed by atoms with van der Waals surface area (Å²) in [6, 6.07) is 8.86. The molecule has 210 valence electrons. The van der Waals surface area contributed by atoms with E-state index >= 15 is 0 Å². The largest absolute Gasteiger partial charge is 0.461 e. The van der Waals surface area contributed by atoms with E-state index < -0.39 is 0 Å². The van der Waals surface area contributed by atoms with E-state index in [2.05, 4.69) is 51.3 Å². The first-order valence-electron chi connectivity index (χ1n) is 12.7. The Bertz CT molecular complexity index is 909. The molecule has 1 aromatic carbocycles. The number of hydrogen-bond donors (Lipinski definition) is 0. The van der Waals surface area contributed by atoms with Crippen molar-refractivity contribution in [1.82, 2.24) is 0 Å². The number of esters is 2. The molecular weight excluding hydrogens is 593 g/mol. The minimum atomic E-state index is -0.292. The third kappa shape index (κ3) is 10.3. The van der Waals surface area contributed by atoms with Gasteiger partial charge in [0.05, 0.1) is 9.16 Å². The number of hydrogen-bond acceptors (Lipinski definition) is 10. The quantitative estimate of drug-likeness (QED) is 0.150. The number of ether oxygens (including phenoxy) is 2. The lowest BCUT2D eigenvalue weighted by Crippen LogP contribution is -2.16. The van der Waals surface area contributed by atoms with Crippen molar-refractivity contribution in [3.8, 4) is 0 Å². The zero-order valence-electron chi connectivity index (χ0n) is 22.5. The van der Waals surface area contributed by atoms with Gasteiger partial charge >= 0.3 is 11.9 Å². The molecule has 0 spiro atoms. The smallest absolute Gasteiger partial charge is 0.333 e. The molecule has 0 radical (unpaired) electrons. The lowest BCUT2D eigenvalue weighted by atomic mass is 10.0. The predicted molar refractivity (Wildman–Crippen MR) is 175 cm³/mol. The topological polar surface area (TPSA) is 52.6 Å². The second-order valence-corrected chi connectivity index (χ2v) is 18.2. The first kappa shape index (κ1) is 32.3. The van der Waals surface area contributed by atoms with E-state index in [-0.39, 0.29) is 11.9 Å². The van der Waals surface area contributed by atoms with Crippen molar-refractivity contribution >= 4 is 82.5 Å². The number of carbonyl (C=O) groups is 2. The monoisotopic (exact) mass is 630 g/mol. The summed E-state index contributed by atoms with van der Waals surface area (Å²) in [5.41, 5.74) is 3.76. The Morgan fingerprint density at radius 1 is 0.842 bits per heavy atom. The van der Waals surface area contributed by atoms with E-state index in [0.717, 1.165) is 23.0 Å². The van der Waals surface area contributed by atoms with Crippen molar-refractivity contribution in [3.63, 3.8) is 0 Å². The highest BCUT2D eigenvalue weighted by Gasteiger charge is 2.29. The molecule has 0 aliphatic carbocycles. The van der Waals surface area contributed by atoms with Gasteiger partial charge in [0, 0.05) is 55.2 Å². The molecular formula is C28H38O4S6. The van der Waals surface area contributed by atoms with E-state index in [9.17, 15) is 9.59 Å². The number of carbonyl (C=O) groups excluding carboxylic acids is 2. The van der Waals surface area contributed by atoms with Crippen LogP contribution < -0.4 is 0 Å². The predicted octanol–water partition coefficient (Wildman–Crippen LogP) is 7.86. The van der Waals surface area contributed by atoms with E-state index in [1.807, 2.05) is 70.6 Å². The lowest BCUT2D eigenvalue weighted by molar-refractivity contribution is -0.139. The summed E-state index contributed by atoms with van der Waals surface area (Å²) in [7, 11) is 0. The summed E-state index contributed by atoms with van der Waals surface area (Å²) in [6.07, 6.45) is 0. The Hall–Kier alpha value is -0.260. The van der Waals surface area contributed by atoms with Crippen molar-refractivity contribution in [3.05, 3.63) is 59.7 Å². The molecule has 2 saturated heterocycles. The van der Waals surface area contributed by atoms with Gasteiger partial charge in [-0.25, -0.2) is 9.59 Å². The highest BCUT2D eigenvalue weighted by atomic mass is 32.2. The summed E-state index contributed by atoms with van der Waals surface area (Å²) in [5, 5.41) is 1.55. The van der Waals surface area contributed by atoms with Gasteiger partial charge in [-0.1, -0.05) is 37.4 Å². The Labute approximate surface area is 253 Å². The van der Waals surface area contributed by atoms with Crippen LogP contribution in [0.15, 0.2) is 48.6 Å². The maximum atomic E-state index is 11.7. The fourth-order valence-corrected chi connectivity index (χ4v) is 13.2.